The second kappa shape index (κ2) is 8.11. The van der Waals surface area contributed by atoms with Gasteiger partial charge >= 0.3 is 11.9 Å². The highest BCUT2D eigenvalue weighted by Crippen LogP contribution is 2.37. The Hall–Kier alpha value is -3.08. The van der Waals surface area contributed by atoms with Crippen LogP contribution in [0.3, 0.4) is 0 Å². The molecule has 152 valence electrons. The predicted octanol–water partition coefficient (Wildman–Crippen LogP) is 4.82. The molecule has 1 unspecified atom stereocenters. The third-order valence-corrected chi connectivity index (χ3v) is 4.86. The van der Waals surface area contributed by atoms with Gasteiger partial charge in [0.2, 0.25) is 0 Å². The summed E-state index contributed by atoms with van der Waals surface area (Å²) in [4.78, 5) is 25.3. The molecule has 0 radical (unpaired) electrons. The lowest BCUT2D eigenvalue weighted by Gasteiger charge is -2.20. The number of aryl methyl sites for hydroxylation is 1. The number of anilines is 1. The van der Waals surface area contributed by atoms with Gasteiger partial charge in [0.1, 0.15) is 11.3 Å². The molecule has 5 heteroatoms. The molecule has 2 aromatic carbocycles. The lowest BCUT2D eigenvalue weighted by atomic mass is 9.86. The summed E-state index contributed by atoms with van der Waals surface area (Å²) in [5.41, 5.74) is 4.01. The van der Waals surface area contributed by atoms with Crippen LogP contribution in [0.25, 0.3) is 0 Å². The number of benzene rings is 2. The molecule has 0 aromatic heterocycles. The van der Waals surface area contributed by atoms with Crippen LogP contribution in [0.1, 0.15) is 50.5 Å². The SMILES string of the molecule is CCOC(=O)C1=C(Nc2ccc(C)cc2)C(=O)OC1c1ccc(C(C)(C)C)cc1. The Morgan fingerprint density at radius 3 is 2.24 bits per heavy atom. The second-order valence-electron chi connectivity index (χ2n) is 8.16. The number of carbonyl (C=O) groups excluding carboxylic acids is 2. The highest BCUT2D eigenvalue weighted by Gasteiger charge is 2.40. The zero-order chi connectivity index (χ0) is 21.2. The number of cyclic esters (lactones) is 1. The number of esters is 2. The van der Waals surface area contributed by atoms with Crippen molar-refractivity contribution in [3.05, 3.63) is 76.5 Å². The zero-order valence-electron chi connectivity index (χ0n) is 17.5. The first-order valence-corrected chi connectivity index (χ1v) is 9.77. The molecule has 0 amide bonds. The lowest BCUT2D eigenvalue weighted by Crippen LogP contribution is -2.16. The van der Waals surface area contributed by atoms with E-state index in [1.54, 1.807) is 6.92 Å². The van der Waals surface area contributed by atoms with Gasteiger partial charge < -0.3 is 14.8 Å². The minimum Gasteiger partial charge on any atom is -0.462 e. The summed E-state index contributed by atoms with van der Waals surface area (Å²) in [6, 6.07) is 15.3. The highest BCUT2D eigenvalue weighted by atomic mass is 16.6. The molecule has 0 saturated heterocycles. The van der Waals surface area contributed by atoms with E-state index in [9.17, 15) is 9.59 Å². The number of ether oxygens (including phenoxy) is 2. The van der Waals surface area contributed by atoms with E-state index in [2.05, 4.69) is 26.1 Å². The fourth-order valence-corrected chi connectivity index (χ4v) is 3.18. The summed E-state index contributed by atoms with van der Waals surface area (Å²) in [5.74, 6) is -1.13. The van der Waals surface area contributed by atoms with Gasteiger partial charge in [-0.15, -0.1) is 0 Å². The molecule has 1 aliphatic rings. The summed E-state index contributed by atoms with van der Waals surface area (Å²) in [5, 5.41) is 3.05. The third kappa shape index (κ3) is 4.50. The van der Waals surface area contributed by atoms with Crippen molar-refractivity contribution < 1.29 is 19.1 Å². The molecule has 5 nitrogen and oxygen atoms in total. The maximum absolute atomic E-state index is 12.7. The minimum absolute atomic E-state index is 0.00283. The topological polar surface area (TPSA) is 64.6 Å². The summed E-state index contributed by atoms with van der Waals surface area (Å²) in [6.07, 6.45) is -0.802. The minimum atomic E-state index is -0.802. The van der Waals surface area contributed by atoms with Crippen LogP contribution in [0, 0.1) is 6.92 Å². The molecule has 1 aliphatic heterocycles. The average Bonchev–Trinajstić information content (AvgIpc) is 2.99. The summed E-state index contributed by atoms with van der Waals surface area (Å²) < 4.78 is 10.8. The van der Waals surface area contributed by atoms with Gasteiger partial charge in [0.15, 0.2) is 6.10 Å². The number of hydrogen-bond acceptors (Lipinski definition) is 5. The van der Waals surface area contributed by atoms with Crippen molar-refractivity contribution in [1.29, 1.82) is 0 Å². The standard InChI is InChI=1S/C24H27NO4/c1-6-28-22(26)19-20(25-18-13-7-15(2)8-14-18)23(27)29-21(19)16-9-11-17(12-10-16)24(3,4)5/h7-14,21,25H,6H2,1-5H3. The number of hydrogen-bond donors (Lipinski definition) is 1. The summed E-state index contributed by atoms with van der Waals surface area (Å²) >= 11 is 0. The average molecular weight is 393 g/mol. The van der Waals surface area contributed by atoms with E-state index < -0.39 is 18.0 Å². The van der Waals surface area contributed by atoms with Crippen LogP contribution in [0.5, 0.6) is 0 Å². The molecular formula is C24H27NO4. The molecule has 2 aromatic rings. The molecule has 1 N–H and O–H groups in total. The highest BCUT2D eigenvalue weighted by molar-refractivity contribution is 6.06. The van der Waals surface area contributed by atoms with Crippen LogP contribution < -0.4 is 5.32 Å². The number of carbonyl (C=O) groups is 2. The van der Waals surface area contributed by atoms with Crippen LogP contribution >= 0.6 is 0 Å². The van der Waals surface area contributed by atoms with Gasteiger partial charge in [0.05, 0.1) is 6.61 Å². The van der Waals surface area contributed by atoms with E-state index in [1.807, 2.05) is 55.5 Å². The Kier molecular flexibility index (Phi) is 5.78. The maximum Gasteiger partial charge on any atom is 0.356 e. The Bertz CT molecular complexity index is 934. The number of nitrogens with one attached hydrogen (secondary N) is 1. The van der Waals surface area contributed by atoms with Crippen LogP contribution in [0.4, 0.5) is 5.69 Å². The van der Waals surface area contributed by atoms with Crippen LogP contribution in [0.2, 0.25) is 0 Å². The molecule has 0 saturated carbocycles. The van der Waals surface area contributed by atoms with Crippen LogP contribution in [0.15, 0.2) is 59.8 Å². The monoisotopic (exact) mass is 393 g/mol. The van der Waals surface area contributed by atoms with E-state index in [1.165, 1.54) is 0 Å². The molecule has 3 rings (SSSR count). The van der Waals surface area contributed by atoms with Gasteiger partial charge in [0.25, 0.3) is 0 Å². The van der Waals surface area contributed by atoms with E-state index in [0.717, 1.165) is 16.7 Å². The molecule has 0 spiro atoms. The van der Waals surface area contributed by atoms with Gasteiger partial charge in [-0.3, -0.25) is 0 Å². The summed E-state index contributed by atoms with van der Waals surface area (Å²) in [7, 11) is 0. The fourth-order valence-electron chi connectivity index (χ4n) is 3.18. The molecule has 0 bridgehead atoms. The van der Waals surface area contributed by atoms with Gasteiger partial charge in [-0.2, -0.15) is 0 Å². The van der Waals surface area contributed by atoms with Gasteiger partial charge in [0, 0.05) is 5.69 Å². The van der Waals surface area contributed by atoms with Crippen molar-refractivity contribution in [3.63, 3.8) is 0 Å². The summed E-state index contributed by atoms with van der Waals surface area (Å²) in [6.45, 7) is 10.3. The predicted molar refractivity (Wildman–Crippen MR) is 112 cm³/mol. The molecule has 1 atom stereocenters. The van der Waals surface area contributed by atoms with Crippen LogP contribution in [-0.2, 0) is 24.5 Å². The Balaban J connectivity index is 2.00. The molecule has 0 fully saturated rings. The first-order valence-electron chi connectivity index (χ1n) is 9.77. The van der Waals surface area contributed by atoms with Crippen molar-refractivity contribution >= 4 is 17.6 Å². The van der Waals surface area contributed by atoms with Gasteiger partial charge in [-0.25, -0.2) is 9.59 Å². The Morgan fingerprint density at radius 1 is 1.07 bits per heavy atom. The van der Waals surface area contributed by atoms with Gasteiger partial charge in [-0.1, -0.05) is 62.7 Å². The van der Waals surface area contributed by atoms with Crippen molar-refractivity contribution in [2.45, 2.75) is 46.1 Å². The zero-order valence-corrected chi connectivity index (χ0v) is 17.5. The van der Waals surface area contributed by atoms with E-state index in [0.29, 0.717) is 5.69 Å². The normalized spacial score (nSPS) is 16.6. The van der Waals surface area contributed by atoms with Crippen molar-refractivity contribution in [3.8, 4) is 0 Å². The molecular weight excluding hydrogens is 366 g/mol. The first kappa shape index (κ1) is 20.6. The quantitative estimate of drug-likeness (QED) is 0.738. The van der Waals surface area contributed by atoms with Crippen LogP contribution in [-0.4, -0.2) is 18.5 Å². The largest absolute Gasteiger partial charge is 0.462 e. The van der Waals surface area contributed by atoms with Crippen molar-refractivity contribution in [2.24, 2.45) is 0 Å². The van der Waals surface area contributed by atoms with E-state index >= 15 is 0 Å². The van der Waals surface area contributed by atoms with Gasteiger partial charge in [-0.05, 0) is 42.5 Å². The molecule has 1 heterocycles. The third-order valence-electron chi connectivity index (χ3n) is 4.86. The second-order valence-corrected chi connectivity index (χ2v) is 8.16. The molecule has 29 heavy (non-hydrogen) atoms. The van der Waals surface area contributed by atoms with Crippen molar-refractivity contribution in [1.82, 2.24) is 0 Å². The van der Waals surface area contributed by atoms with E-state index in [4.69, 9.17) is 9.47 Å². The fraction of sp³-hybridized carbons (Fsp3) is 0.333. The molecule has 0 aliphatic carbocycles. The Morgan fingerprint density at radius 2 is 1.69 bits per heavy atom. The van der Waals surface area contributed by atoms with E-state index in [-0.39, 0.29) is 23.3 Å². The smallest absolute Gasteiger partial charge is 0.356 e. The van der Waals surface area contributed by atoms with Crippen molar-refractivity contribution in [2.75, 3.05) is 11.9 Å². The lowest BCUT2D eigenvalue weighted by molar-refractivity contribution is -0.142. The first-order chi connectivity index (χ1) is 13.7. The number of rotatable bonds is 5. The maximum atomic E-state index is 12.7. The Labute approximate surface area is 171 Å².